The second-order valence-electron chi connectivity index (χ2n) is 5.32. The Labute approximate surface area is 146 Å². The lowest BCUT2D eigenvalue weighted by atomic mass is 10.1. The van der Waals surface area contributed by atoms with Crippen LogP contribution in [0.2, 0.25) is 0 Å². The number of benzene rings is 2. The molecule has 0 radical (unpaired) electrons. The van der Waals surface area contributed by atoms with Crippen molar-refractivity contribution in [3.8, 4) is 5.75 Å². The Morgan fingerprint density at radius 3 is 2.52 bits per heavy atom. The topological polar surface area (TPSA) is 46.6 Å². The molecular weight excluding hydrogens is 378 g/mol. The molecule has 0 spiro atoms. The Balaban J connectivity index is 2.17. The fraction of sp³-hybridized carbons (Fsp3) is 0.294. The number of aryl methyl sites for hydroxylation is 1. The van der Waals surface area contributed by atoms with Gasteiger partial charge in [-0.15, -0.1) is 0 Å². The zero-order valence-corrected chi connectivity index (χ0v) is 15.8. The number of rotatable bonds is 6. The molecule has 0 saturated heterocycles. The second-order valence-corrected chi connectivity index (χ2v) is 8.19. The molecule has 2 rings (SSSR count). The number of nitrogens with zero attached hydrogens (tertiary/aromatic N) is 1. The van der Waals surface area contributed by atoms with Crippen LogP contribution in [0.5, 0.6) is 5.75 Å². The summed E-state index contributed by atoms with van der Waals surface area (Å²) in [5.41, 5.74) is 1.99. The predicted molar refractivity (Wildman–Crippen MR) is 95.4 cm³/mol. The van der Waals surface area contributed by atoms with E-state index in [2.05, 4.69) is 15.9 Å². The van der Waals surface area contributed by atoms with Crippen LogP contribution >= 0.6 is 15.9 Å². The van der Waals surface area contributed by atoms with Gasteiger partial charge in [0, 0.05) is 18.1 Å². The Morgan fingerprint density at radius 1 is 1.17 bits per heavy atom. The van der Waals surface area contributed by atoms with E-state index in [0.29, 0.717) is 17.4 Å². The van der Waals surface area contributed by atoms with Crippen LogP contribution in [0.15, 0.2) is 51.8 Å². The van der Waals surface area contributed by atoms with Crippen molar-refractivity contribution < 1.29 is 13.2 Å². The summed E-state index contributed by atoms with van der Waals surface area (Å²) in [7, 11) is -0.322. The molecule has 124 valence electrons. The molecule has 0 N–H and O–H groups in total. The smallest absolute Gasteiger partial charge is 0.243 e. The number of sulfonamides is 1. The first-order valence-corrected chi connectivity index (χ1v) is 9.44. The summed E-state index contributed by atoms with van der Waals surface area (Å²) in [4.78, 5) is 0.283. The highest BCUT2D eigenvalue weighted by Crippen LogP contribution is 2.26. The average molecular weight is 398 g/mol. The molecule has 0 aliphatic heterocycles. The van der Waals surface area contributed by atoms with Crippen LogP contribution in [-0.4, -0.2) is 33.4 Å². The number of hydrogen-bond donors (Lipinski definition) is 0. The van der Waals surface area contributed by atoms with Gasteiger partial charge in [0.25, 0.3) is 0 Å². The lowest BCUT2D eigenvalue weighted by Gasteiger charge is -2.19. The lowest BCUT2D eigenvalue weighted by molar-refractivity contribution is 0.406. The minimum Gasteiger partial charge on any atom is -0.496 e. The third-order valence-electron chi connectivity index (χ3n) is 3.66. The van der Waals surface area contributed by atoms with E-state index in [0.717, 1.165) is 16.9 Å². The van der Waals surface area contributed by atoms with Gasteiger partial charge in [-0.2, -0.15) is 0 Å². The van der Waals surface area contributed by atoms with Gasteiger partial charge in [0.1, 0.15) is 5.75 Å². The third-order valence-corrected chi connectivity index (χ3v) is 6.50. The van der Waals surface area contributed by atoms with Crippen LogP contribution < -0.4 is 4.74 Å². The minimum atomic E-state index is -3.53. The average Bonchev–Trinajstić information content (AvgIpc) is 2.52. The Morgan fingerprint density at radius 2 is 1.87 bits per heavy atom. The molecule has 0 saturated carbocycles. The largest absolute Gasteiger partial charge is 0.496 e. The van der Waals surface area contributed by atoms with Crippen molar-refractivity contribution in [1.82, 2.24) is 4.31 Å². The quantitative estimate of drug-likeness (QED) is 0.747. The zero-order valence-electron chi connectivity index (χ0n) is 13.4. The van der Waals surface area contributed by atoms with Crippen LogP contribution in [0.3, 0.4) is 0 Å². The van der Waals surface area contributed by atoms with Gasteiger partial charge in [-0.25, -0.2) is 12.7 Å². The van der Waals surface area contributed by atoms with Crippen molar-refractivity contribution >= 4 is 26.0 Å². The molecule has 0 atom stereocenters. The first-order valence-electron chi connectivity index (χ1n) is 7.20. The molecule has 6 heteroatoms. The number of para-hydroxylation sites is 1. The Kier molecular flexibility index (Phi) is 5.84. The molecule has 2 aromatic rings. The van der Waals surface area contributed by atoms with Crippen LogP contribution in [0.25, 0.3) is 0 Å². The van der Waals surface area contributed by atoms with E-state index in [4.69, 9.17) is 4.74 Å². The van der Waals surface area contributed by atoms with E-state index < -0.39 is 10.0 Å². The van der Waals surface area contributed by atoms with Gasteiger partial charge in [-0.05, 0) is 58.6 Å². The fourth-order valence-corrected chi connectivity index (χ4v) is 4.61. The fourth-order valence-electron chi connectivity index (χ4n) is 2.29. The van der Waals surface area contributed by atoms with E-state index in [-0.39, 0.29) is 4.90 Å². The van der Waals surface area contributed by atoms with Crippen LogP contribution in [0.1, 0.15) is 11.1 Å². The Hall–Kier alpha value is -1.37. The third kappa shape index (κ3) is 4.13. The molecule has 2 aromatic carbocycles. The zero-order chi connectivity index (χ0) is 17.0. The molecule has 4 nitrogen and oxygen atoms in total. The van der Waals surface area contributed by atoms with Gasteiger partial charge in [0.05, 0.1) is 12.0 Å². The molecule has 0 fully saturated rings. The summed E-state index contributed by atoms with van der Waals surface area (Å²) in [5.74, 6) is 0.773. The van der Waals surface area contributed by atoms with Crippen molar-refractivity contribution in [3.05, 3.63) is 58.1 Å². The summed E-state index contributed by atoms with van der Waals surface area (Å²) in [6.07, 6.45) is 0.587. The molecular formula is C17H20BrNO3S. The van der Waals surface area contributed by atoms with E-state index in [1.165, 1.54) is 4.31 Å². The highest BCUT2D eigenvalue weighted by Gasteiger charge is 2.23. The summed E-state index contributed by atoms with van der Waals surface area (Å²) in [6, 6.07) is 12.9. The van der Waals surface area contributed by atoms with Crippen molar-refractivity contribution in [3.63, 3.8) is 0 Å². The van der Waals surface area contributed by atoms with Crippen molar-refractivity contribution in [1.29, 1.82) is 0 Å². The van der Waals surface area contributed by atoms with Gasteiger partial charge in [-0.3, -0.25) is 0 Å². The van der Waals surface area contributed by atoms with Gasteiger partial charge in [-0.1, -0.05) is 24.3 Å². The highest BCUT2D eigenvalue weighted by atomic mass is 79.9. The molecule has 0 heterocycles. The van der Waals surface area contributed by atoms with Crippen molar-refractivity contribution in [2.75, 3.05) is 20.7 Å². The first kappa shape index (κ1) is 18.0. The van der Waals surface area contributed by atoms with Crippen molar-refractivity contribution in [2.45, 2.75) is 18.2 Å². The number of hydrogen-bond acceptors (Lipinski definition) is 3. The molecule has 0 bridgehead atoms. The standard InChI is InChI=1S/C17H20BrNO3S/c1-13-8-9-17(15(18)12-13)23(20,21)19(2)11-10-14-6-4-5-7-16(14)22-3/h4-9,12H,10-11H2,1-3H3. The van der Waals surface area contributed by atoms with Crippen molar-refractivity contribution in [2.24, 2.45) is 0 Å². The summed E-state index contributed by atoms with van der Waals surface area (Å²) in [6.45, 7) is 2.30. The molecule has 0 aromatic heterocycles. The van der Waals surface area contributed by atoms with E-state index in [9.17, 15) is 8.42 Å². The molecule has 0 amide bonds. The molecule has 23 heavy (non-hydrogen) atoms. The number of halogens is 1. The maximum absolute atomic E-state index is 12.7. The predicted octanol–water partition coefficient (Wildman–Crippen LogP) is 3.63. The summed E-state index contributed by atoms with van der Waals surface area (Å²) >= 11 is 3.34. The first-order chi connectivity index (χ1) is 10.9. The van der Waals surface area contributed by atoms with Crippen LogP contribution in [-0.2, 0) is 16.4 Å². The number of likely N-dealkylation sites (N-methyl/N-ethyl adjacent to an activating group) is 1. The minimum absolute atomic E-state index is 0.283. The second kappa shape index (κ2) is 7.47. The number of methoxy groups -OCH3 is 1. The maximum Gasteiger partial charge on any atom is 0.243 e. The summed E-state index contributed by atoms with van der Waals surface area (Å²) in [5, 5.41) is 0. The van der Waals surface area contributed by atoms with Gasteiger partial charge < -0.3 is 4.74 Å². The lowest BCUT2D eigenvalue weighted by Crippen LogP contribution is -2.29. The van der Waals surface area contributed by atoms with Crippen LogP contribution in [0, 0.1) is 6.92 Å². The van der Waals surface area contributed by atoms with Gasteiger partial charge >= 0.3 is 0 Å². The van der Waals surface area contributed by atoms with Crippen LogP contribution in [0.4, 0.5) is 0 Å². The highest BCUT2D eigenvalue weighted by molar-refractivity contribution is 9.10. The number of ether oxygens (including phenoxy) is 1. The molecule has 0 unspecified atom stereocenters. The SMILES string of the molecule is COc1ccccc1CCN(C)S(=O)(=O)c1ccc(C)cc1Br. The van der Waals surface area contributed by atoms with Gasteiger partial charge in [0.2, 0.25) is 10.0 Å². The normalized spacial score (nSPS) is 11.7. The summed E-state index contributed by atoms with van der Waals surface area (Å²) < 4.78 is 32.7. The van der Waals surface area contributed by atoms with E-state index >= 15 is 0 Å². The Bertz CT molecular complexity index is 790. The van der Waals surface area contributed by atoms with E-state index in [1.54, 1.807) is 32.4 Å². The van der Waals surface area contributed by atoms with Gasteiger partial charge in [0.15, 0.2) is 0 Å². The van der Waals surface area contributed by atoms with E-state index in [1.807, 2.05) is 31.2 Å². The molecule has 0 aliphatic carbocycles. The monoisotopic (exact) mass is 397 g/mol. The molecule has 0 aliphatic rings. The maximum atomic E-state index is 12.7.